The fourth-order valence-corrected chi connectivity index (χ4v) is 6.64. The zero-order chi connectivity index (χ0) is 32.9. The molecule has 1 saturated heterocycles. The smallest absolute Gasteiger partial charge is 0.416 e. The number of hydrogen-bond donors (Lipinski definition) is 0. The Morgan fingerprint density at radius 3 is 2.51 bits per heavy atom. The summed E-state index contributed by atoms with van der Waals surface area (Å²) in [5.41, 5.74) is 4.00. The third kappa shape index (κ3) is 6.87. The van der Waals surface area contributed by atoms with Crippen molar-refractivity contribution < 1.29 is 27.4 Å². The molecule has 1 fully saturated rings. The maximum atomic E-state index is 13.6. The average Bonchev–Trinajstić information content (AvgIpc) is 3.51. The van der Waals surface area contributed by atoms with Crippen LogP contribution in [0.25, 0.3) is 5.57 Å². The Morgan fingerprint density at radius 1 is 1.13 bits per heavy atom. The third-order valence-corrected chi connectivity index (χ3v) is 9.03. The Kier molecular flexibility index (Phi) is 8.52. The van der Waals surface area contributed by atoms with E-state index >= 15 is 0 Å². The van der Waals surface area contributed by atoms with E-state index in [9.17, 15) is 18.0 Å². The number of aryl methyl sites for hydroxylation is 2. The van der Waals surface area contributed by atoms with Crippen molar-refractivity contribution >= 4 is 11.7 Å². The summed E-state index contributed by atoms with van der Waals surface area (Å²) in [7, 11) is 3.40. The van der Waals surface area contributed by atoms with E-state index in [4.69, 9.17) is 9.47 Å². The molecule has 0 spiro atoms. The lowest BCUT2D eigenvalue weighted by atomic mass is 9.72. The molecule has 0 radical (unpaired) electrons. The van der Waals surface area contributed by atoms with Gasteiger partial charge in [-0.3, -0.25) is 4.90 Å². The number of carbonyl (C=O) groups excluding carboxylic acids is 1. The first kappa shape index (κ1) is 32.5. The normalized spacial score (nSPS) is 20.5. The molecular weight excluding hydrogens is 583 g/mol. The molecule has 2 aromatic carbocycles. The average molecular weight is 626 g/mol. The lowest BCUT2D eigenvalue weighted by molar-refractivity contribution is -0.137. The molecule has 8 nitrogen and oxygen atoms in total. The number of aromatic nitrogens is 4. The van der Waals surface area contributed by atoms with E-state index in [0.717, 1.165) is 59.4 Å². The number of allylic oxidation sites excluding steroid dienone is 1. The summed E-state index contributed by atoms with van der Waals surface area (Å²) in [5.74, 6) is 1.41. The second-order valence-electron chi connectivity index (χ2n) is 13.9. The number of carbonyl (C=O) groups is 1. The Morgan fingerprint density at radius 2 is 1.87 bits per heavy atom. The van der Waals surface area contributed by atoms with Crippen molar-refractivity contribution in [3.05, 3.63) is 75.6 Å². The van der Waals surface area contributed by atoms with Crippen molar-refractivity contribution in [2.45, 2.75) is 91.0 Å². The van der Waals surface area contributed by atoms with Crippen molar-refractivity contribution in [3.63, 3.8) is 0 Å². The van der Waals surface area contributed by atoms with Crippen LogP contribution in [0.3, 0.4) is 0 Å². The fourth-order valence-electron chi connectivity index (χ4n) is 6.64. The summed E-state index contributed by atoms with van der Waals surface area (Å²) < 4.78 is 52.4. The van der Waals surface area contributed by atoms with Crippen LogP contribution in [-0.4, -0.2) is 50.9 Å². The highest BCUT2D eigenvalue weighted by Gasteiger charge is 2.42. The Hall–Kier alpha value is -3.89. The van der Waals surface area contributed by atoms with E-state index in [0.29, 0.717) is 29.9 Å². The van der Waals surface area contributed by atoms with E-state index in [-0.39, 0.29) is 10.8 Å². The van der Waals surface area contributed by atoms with Crippen molar-refractivity contribution in [3.8, 4) is 5.75 Å². The van der Waals surface area contributed by atoms with Crippen molar-refractivity contribution in [2.24, 2.45) is 12.5 Å². The topological polar surface area (TPSA) is 82.4 Å². The van der Waals surface area contributed by atoms with Gasteiger partial charge in [-0.2, -0.15) is 18.0 Å². The summed E-state index contributed by atoms with van der Waals surface area (Å²) in [5, 5.41) is 12.7. The molecule has 45 heavy (non-hydrogen) atoms. The van der Waals surface area contributed by atoms with Gasteiger partial charge in [-0.15, -0.1) is 10.2 Å². The third-order valence-electron chi connectivity index (χ3n) is 9.03. The number of ether oxygens (including phenoxy) is 2. The van der Waals surface area contributed by atoms with Crippen LogP contribution in [0.1, 0.15) is 93.6 Å². The van der Waals surface area contributed by atoms with Crippen LogP contribution >= 0.6 is 0 Å². The minimum Gasteiger partial charge on any atom is -0.496 e. The van der Waals surface area contributed by atoms with Crippen LogP contribution in [0, 0.1) is 12.3 Å². The molecule has 0 N–H and O–H groups in total. The molecule has 2 atom stereocenters. The highest BCUT2D eigenvalue weighted by Crippen LogP contribution is 2.46. The van der Waals surface area contributed by atoms with E-state index in [1.165, 1.54) is 4.80 Å². The quantitative estimate of drug-likeness (QED) is 0.256. The van der Waals surface area contributed by atoms with Crippen molar-refractivity contribution in [2.75, 3.05) is 13.7 Å². The SMILES string of the molecule is COc1ccc(CC(C)(C)c2nnn(C)n2)cc1C1=C(CN2C(=O)O[C@H](c3cc(C)cc(C(F)(F)F)c3)[C@@H]2C)CC(C)(C)CC1. The molecule has 242 valence electrons. The Labute approximate surface area is 262 Å². The number of benzene rings is 2. The number of hydrogen-bond acceptors (Lipinski definition) is 6. The van der Waals surface area contributed by atoms with Crippen LogP contribution < -0.4 is 4.74 Å². The van der Waals surface area contributed by atoms with E-state index < -0.39 is 30.0 Å². The van der Waals surface area contributed by atoms with Gasteiger partial charge in [0.05, 0.1) is 25.8 Å². The molecule has 1 aromatic heterocycles. The van der Waals surface area contributed by atoms with Gasteiger partial charge in [-0.1, -0.05) is 45.4 Å². The highest BCUT2D eigenvalue weighted by atomic mass is 19.4. The number of methoxy groups -OCH3 is 1. The number of rotatable bonds is 8. The van der Waals surface area contributed by atoms with E-state index in [1.807, 2.05) is 13.0 Å². The molecular formula is C34H42F3N5O3. The molecule has 2 aliphatic rings. The number of halogens is 3. The number of cyclic esters (lactones) is 1. The molecule has 1 aliphatic heterocycles. The van der Waals surface area contributed by atoms with Gasteiger partial charge < -0.3 is 9.47 Å². The second-order valence-corrected chi connectivity index (χ2v) is 13.9. The first-order valence-corrected chi connectivity index (χ1v) is 15.3. The summed E-state index contributed by atoms with van der Waals surface area (Å²) in [6.07, 6.45) is -2.64. The summed E-state index contributed by atoms with van der Waals surface area (Å²) >= 11 is 0. The number of amides is 1. The molecule has 5 rings (SSSR count). The first-order valence-electron chi connectivity index (χ1n) is 15.3. The van der Waals surface area contributed by atoms with Gasteiger partial charge in [-0.25, -0.2) is 4.79 Å². The Bertz CT molecular complexity index is 1630. The largest absolute Gasteiger partial charge is 0.496 e. The number of nitrogens with zero attached hydrogens (tertiary/aromatic N) is 5. The van der Waals surface area contributed by atoms with Crippen LogP contribution in [0.5, 0.6) is 5.75 Å². The predicted octanol–water partition coefficient (Wildman–Crippen LogP) is 7.61. The predicted molar refractivity (Wildman–Crippen MR) is 165 cm³/mol. The van der Waals surface area contributed by atoms with Crippen molar-refractivity contribution in [1.29, 1.82) is 0 Å². The molecule has 1 aliphatic carbocycles. The van der Waals surface area contributed by atoms with Gasteiger partial charge in [0.15, 0.2) is 5.82 Å². The van der Waals surface area contributed by atoms with E-state index in [1.54, 1.807) is 32.0 Å². The molecule has 2 heterocycles. The minimum absolute atomic E-state index is 0.00768. The number of alkyl halides is 3. The van der Waals surface area contributed by atoms with Gasteiger partial charge in [-0.05, 0) is 96.7 Å². The van der Waals surface area contributed by atoms with Gasteiger partial charge in [0, 0.05) is 17.5 Å². The van der Waals surface area contributed by atoms with Crippen LogP contribution in [-0.2, 0) is 29.8 Å². The second kappa shape index (κ2) is 11.8. The minimum atomic E-state index is -4.49. The van der Waals surface area contributed by atoms with Crippen LogP contribution in [0.4, 0.5) is 18.0 Å². The molecule has 0 bridgehead atoms. The van der Waals surface area contributed by atoms with E-state index in [2.05, 4.69) is 55.2 Å². The summed E-state index contributed by atoms with van der Waals surface area (Å²) in [6.45, 7) is 12.4. The molecule has 1 amide bonds. The summed E-state index contributed by atoms with van der Waals surface area (Å²) in [4.78, 5) is 16.4. The van der Waals surface area contributed by atoms with Gasteiger partial charge in [0.25, 0.3) is 0 Å². The van der Waals surface area contributed by atoms with Crippen molar-refractivity contribution in [1.82, 2.24) is 25.1 Å². The number of tetrazole rings is 1. The zero-order valence-corrected chi connectivity index (χ0v) is 27.2. The maximum absolute atomic E-state index is 13.6. The molecule has 3 aromatic rings. The zero-order valence-electron chi connectivity index (χ0n) is 27.2. The fraction of sp³-hybridized carbons (Fsp3) is 0.529. The Balaban J connectivity index is 1.49. The first-order chi connectivity index (χ1) is 21.0. The van der Waals surface area contributed by atoms with Crippen LogP contribution in [0.15, 0.2) is 42.0 Å². The molecule has 11 heteroatoms. The maximum Gasteiger partial charge on any atom is 0.416 e. The molecule has 0 saturated carbocycles. The standard InChI is InChI=1S/C34H42F3N5O3/c1-20-13-23(16-25(14-20)34(35,36)37)29-21(2)42(31(43)45-29)19-24-18-32(3,4)12-11-26(24)27-15-22(9-10-28(27)44-8)17-33(5,6)30-38-40-41(7)39-30/h9-10,13-16,21,29H,11-12,17-19H2,1-8H3/t21-,29-/m0/s1. The monoisotopic (exact) mass is 625 g/mol. The lowest BCUT2D eigenvalue weighted by Crippen LogP contribution is -2.35. The molecule has 0 unspecified atom stereocenters. The summed E-state index contributed by atoms with van der Waals surface area (Å²) in [6, 6.07) is 9.58. The van der Waals surface area contributed by atoms with Crippen LogP contribution in [0.2, 0.25) is 0 Å². The van der Waals surface area contributed by atoms with Gasteiger partial charge in [0.2, 0.25) is 0 Å². The van der Waals surface area contributed by atoms with Gasteiger partial charge in [0.1, 0.15) is 11.9 Å². The lowest BCUT2D eigenvalue weighted by Gasteiger charge is -2.36. The van der Waals surface area contributed by atoms with Gasteiger partial charge >= 0.3 is 12.3 Å². The highest BCUT2D eigenvalue weighted by molar-refractivity contribution is 5.77.